The largest absolute Gasteiger partial charge is 0.350 e. The van der Waals surface area contributed by atoms with E-state index in [1.807, 2.05) is 0 Å². The molecule has 11 heteroatoms. The van der Waals surface area contributed by atoms with Crippen molar-refractivity contribution in [1.29, 1.82) is 0 Å². The summed E-state index contributed by atoms with van der Waals surface area (Å²) in [7, 11) is -9.25. The second-order valence-electron chi connectivity index (χ2n) is 5.31. The van der Waals surface area contributed by atoms with Gasteiger partial charge in [-0.1, -0.05) is 24.3 Å². The molecule has 0 spiro atoms. The molecule has 142 valence electrons. The molecule has 0 aromatic heterocycles. The van der Waals surface area contributed by atoms with Crippen LogP contribution in [0.4, 0.5) is 5.69 Å². The normalized spacial score (nSPS) is 13.7. The second-order valence-corrected chi connectivity index (χ2v) is 9.53. The summed E-state index contributed by atoms with van der Waals surface area (Å²) in [5.74, 6) is 0. The predicted octanol–water partition coefficient (Wildman–Crippen LogP) is 4.19. The minimum atomic E-state index is -5.00. The average molecular weight is 403 g/mol. The van der Waals surface area contributed by atoms with Crippen LogP contribution in [0.15, 0.2) is 36.4 Å². The Bertz CT molecular complexity index is 900. The van der Waals surface area contributed by atoms with Crippen molar-refractivity contribution in [2.24, 2.45) is 0 Å². The summed E-state index contributed by atoms with van der Waals surface area (Å²) in [5.41, 5.74) is -0.249. The molecular formula is C15H19NO8P2. The number of rotatable bonds is 8. The maximum absolute atomic E-state index is 13.2. The Balaban J connectivity index is 2.83. The van der Waals surface area contributed by atoms with E-state index in [1.165, 1.54) is 50.2 Å². The first-order chi connectivity index (χ1) is 12.2. The number of nitrogens with zero attached hydrogens (tertiary/aromatic N) is 1. The zero-order chi connectivity index (χ0) is 19.5. The highest BCUT2D eigenvalue weighted by molar-refractivity contribution is 7.71. The summed E-state index contributed by atoms with van der Waals surface area (Å²) < 4.78 is 35.7. The summed E-state index contributed by atoms with van der Waals surface area (Å²) in [6.45, 7) is 2.88. The van der Waals surface area contributed by atoms with Crippen molar-refractivity contribution < 1.29 is 32.9 Å². The molecule has 0 aliphatic rings. The SMILES string of the molecule is CCOP(=O)(OCC)C(c1cccc2c([N+](=O)[O-])cccc12)P(=O)(O)O. The van der Waals surface area contributed by atoms with Crippen LogP contribution in [-0.2, 0) is 18.2 Å². The molecule has 0 saturated heterocycles. The molecule has 2 aromatic carbocycles. The van der Waals surface area contributed by atoms with Crippen LogP contribution in [0.2, 0.25) is 0 Å². The Labute approximate surface area is 149 Å². The molecule has 2 aromatic rings. The highest BCUT2D eigenvalue weighted by Crippen LogP contribution is 2.75. The van der Waals surface area contributed by atoms with Gasteiger partial charge in [-0.3, -0.25) is 19.2 Å². The van der Waals surface area contributed by atoms with Crippen molar-refractivity contribution >= 4 is 31.7 Å². The lowest BCUT2D eigenvalue weighted by atomic mass is 10.0. The summed E-state index contributed by atoms with van der Waals surface area (Å²) in [6, 6.07) is 8.38. The lowest BCUT2D eigenvalue weighted by Gasteiger charge is -2.27. The van der Waals surface area contributed by atoms with Crippen LogP contribution in [0, 0.1) is 10.1 Å². The third kappa shape index (κ3) is 4.04. The maximum atomic E-state index is 13.2. The van der Waals surface area contributed by atoms with E-state index in [2.05, 4.69) is 0 Å². The minimum Gasteiger partial charge on any atom is -0.324 e. The first-order valence-corrected chi connectivity index (χ1v) is 11.0. The topological polar surface area (TPSA) is 136 Å². The van der Waals surface area contributed by atoms with Crippen molar-refractivity contribution in [2.75, 3.05) is 13.2 Å². The van der Waals surface area contributed by atoms with Crippen LogP contribution in [0.5, 0.6) is 0 Å². The predicted molar refractivity (Wildman–Crippen MR) is 96.2 cm³/mol. The van der Waals surface area contributed by atoms with Crippen molar-refractivity contribution in [3.63, 3.8) is 0 Å². The molecule has 0 bridgehead atoms. The highest BCUT2D eigenvalue weighted by Gasteiger charge is 2.49. The monoisotopic (exact) mass is 403 g/mol. The molecule has 2 N–H and O–H groups in total. The number of hydrogen-bond acceptors (Lipinski definition) is 6. The van der Waals surface area contributed by atoms with Gasteiger partial charge in [0.15, 0.2) is 5.40 Å². The molecule has 0 aliphatic heterocycles. The zero-order valence-electron chi connectivity index (χ0n) is 14.1. The van der Waals surface area contributed by atoms with E-state index in [-0.39, 0.29) is 35.2 Å². The van der Waals surface area contributed by atoms with Gasteiger partial charge in [0.05, 0.1) is 23.5 Å². The van der Waals surface area contributed by atoms with E-state index in [1.54, 1.807) is 0 Å². The number of fused-ring (bicyclic) bond motifs is 1. The van der Waals surface area contributed by atoms with Crippen molar-refractivity contribution in [3.05, 3.63) is 52.1 Å². The fraction of sp³-hybridized carbons (Fsp3) is 0.333. The minimum absolute atomic E-state index is 0.0234. The van der Waals surface area contributed by atoms with E-state index >= 15 is 0 Å². The molecule has 0 heterocycles. The molecule has 0 radical (unpaired) electrons. The lowest BCUT2D eigenvalue weighted by Crippen LogP contribution is -2.08. The third-order valence-corrected chi connectivity index (χ3v) is 8.42. The fourth-order valence-electron chi connectivity index (χ4n) is 2.78. The Morgan fingerprint density at radius 2 is 1.58 bits per heavy atom. The molecule has 0 fully saturated rings. The van der Waals surface area contributed by atoms with E-state index in [0.29, 0.717) is 0 Å². The molecular weight excluding hydrogens is 384 g/mol. The fourth-order valence-corrected chi connectivity index (χ4v) is 6.88. The summed E-state index contributed by atoms with van der Waals surface area (Å²) in [4.78, 5) is 30.5. The Morgan fingerprint density at radius 3 is 2.08 bits per heavy atom. The maximum Gasteiger partial charge on any atom is 0.350 e. The van der Waals surface area contributed by atoms with Gasteiger partial charge in [0.25, 0.3) is 5.69 Å². The molecule has 9 nitrogen and oxygen atoms in total. The first kappa shape index (κ1) is 20.7. The van der Waals surface area contributed by atoms with Gasteiger partial charge in [-0.05, 0) is 30.9 Å². The van der Waals surface area contributed by atoms with Crippen LogP contribution in [0.3, 0.4) is 0 Å². The quantitative estimate of drug-likeness (QED) is 0.380. The van der Waals surface area contributed by atoms with E-state index in [0.717, 1.165) is 0 Å². The van der Waals surface area contributed by atoms with E-state index in [4.69, 9.17) is 9.05 Å². The van der Waals surface area contributed by atoms with Crippen molar-refractivity contribution in [2.45, 2.75) is 19.2 Å². The summed E-state index contributed by atoms with van der Waals surface area (Å²) >= 11 is 0. The van der Waals surface area contributed by atoms with Crippen LogP contribution in [0.25, 0.3) is 10.8 Å². The third-order valence-electron chi connectivity index (χ3n) is 3.64. The van der Waals surface area contributed by atoms with Gasteiger partial charge < -0.3 is 18.8 Å². The number of benzene rings is 2. The smallest absolute Gasteiger partial charge is 0.324 e. The second kappa shape index (κ2) is 7.96. The lowest BCUT2D eigenvalue weighted by molar-refractivity contribution is -0.383. The average Bonchev–Trinajstić information content (AvgIpc) is 2.53. The molecule has 0 aliphatic carbocycles. The van der Waals surface area contributed by atoms with Gasteiger partial charge in [-0.2, -0.15) is 0 Å². The Kier molecular flexibility index (Phi) is 6.34. The van der Waals surface area contributed by atoms with Crippen LogP contribution in [-0.4, -0.2) is 27.9 Å². The standard InChI is InChI=1S/C15H19NO8P2/c1-3-23-26(22,24-4-2)15(25(19,20)21)13-9-5-8-12-11(13)7-6-10-14(12)16(17)18/h5-10,15H,3-4H2,1-2H3,(H2,19,20,21). The molecule has 1 unspecified atom stereocenters. The van der Waals surface area contributed by atoms with Crippen molar-refractivity contribution in [3.8, 4) is 0 Å². The van der Waals surface area contributed by atoms with Gasteiger partial charge >= 0.3 is 15.2 Å². The zero-order valence-corrected chi connectivity index (χ0v) is 15.9. The highest BCUT2D eigenvalue weighted by atomic mass is 31.2. The number of non-ortho nitro benzene ring substituents is 1. The number of nitro groups is 1. The van der Waals surface area contributed by atoms with Gasteiger partial charge in [0, 0.05) is 6.07 Å². The Morgan fingerprint density at radius 1 is 1.04 bits per heavy atom. The van der Waals surface area contributed by atoms with Crippen LogP contribution < -0.4 is 0 Å². The van der Waals surface area contributed by atoms with E-state index in [9.17, 15) is 29.0 Å². The number of nitro benzene ring substituents is 1. The van der Waals surface area contributed by atoms with Gasteiger partial charge in [-0.15, -0.1) is 0 Å². The molecule has 0 amide bonds. The molecule has 1 atom stereocenters. The van der Waals surface area contributed by atoms with E-state index < -0.39 is 25.5 Å². The molecule has 26 heavy (non-hydrogen) atoms. The molecule has 2 rings (SSSR count). The van der Waals surface area contributed by atoms with Gasteiger partial charge in [-0.25, -0.2) is 0 Å². The van der Waals surface area contributed by atoms with Gasteiger partial charge in [0.2, 0.25) is 0 Å². The van der Waals surface area contributed by atoms with Crippen LogP contribution in [0.1, 0.15) is 24.8 Å². The van der Waals surface area contributed by atoms with Gasteiger partial charge in [0.1, 0.15) is 0 Å². The first-order valence-electron chi connectivity index (χ1n) is 7.75. The summed E-state index contributed by atoms with van der Waals surface area (Å²) in [5, 5.41) is 9.73. The molecule has 0 saturated carbocycles. The number of hydrogen-bond donors (Lipinski definition) is 2. The van der Waals surface area contributed by atoms with Crippen LogP contribution >= 0.6 is 15.2 Å². The van der Waals surface area contributed by atoms with Crippen molar-refractivity contribution in [1.82, 2.24) is 0 Å². The Hall–Kier alpha value is -1.60. The summed E-state index contributed by atoms with van der Waals surface area (Å²) in [6.07, 6.45) is 0.